The summed E-state index contributed by atoms with van der Waals surface area (Å²) in [6.45, 7) is 5.34. The summed E-state index contributed by atoms with van der Waals surface area (Å²) in [4.78, 5) is 16.9. The van der Waals surface area contributed by atoms with E-state index in [4.69, 9.17) is 4.74 Å². The Morgan fingerprint density at radius 1 is 1.28 bits per heavy atom. The lowest BCUT2D eigenvalue weighted by Crippen LogP contribution is -2.29. The first-order chi connectivity index (χ1) is 12.1. The van der Waals surface area contributed by atoms with Gasteiger partial charge in [-0.15, -0.1) is 0 Å². The Morgan fingerprint density at radius 2 is 2.04 bits per heavy atom. The highest BCUT2D eigenvalue weighted by Gasteiger charge is 2.17. The highest BCUT2D eigenvalue weighted by Crippen LogP contribution is 2.25. The highest BCUT2D eigenvalue weighted by molar-refractivity contribution is 5.88. The molecular formula is C18H23N5O2. The van der Waals surface area contributed by atoms with Gasteiger partial charge in [0.1, 0.15) is 6.54 Å². The number of pyridine rings is 1. The average Bonchev–Trinajstić information content (AvgIpc) is 3.20. The zero-order chi connectivity index (χ0) is 17.8. The molecule has 0 aliphatic rings. The van der Waals surface area contributed by atoms with Crippen LogP contribution in [0.4, 0.5) is 0 Å². The Balaban J connectivity index is 1.91. The van der Waals surface area contributed by atoms with Crippen LogP contribution < -0.4 is 5.32 Å². The molecule has 3 heterocycles. The number of hydrogen-bond donors (Lipinski definition) is 1. The van der Waals surface area contributed by atoms with Crippen LogP contribution in [0.1, 0.15) is 17.7 Å². The van der Waals surface area contributed by atoms with Gasteiger partial charge in [-0.1, -0.05) is 0 Å². The molecule has 0 saturated heterocycles. The third-order valence-electron chi connectivity index (χ3n) is 4.00. The first-order valence-electron chi connectivity index (χ1n) is 8.34. The summed E-state index contributed by atoms with van der Waals surface area (Å²) in [5.41, 5.74) is 2.73. The van der Waals surface area contributed by atoms with Crippen molar-refractivity contribution in [1.29, 1.82) is 0 Å². The zero-order valence-electron chi connectivity index (χ0n) is 14.8. The van der Waals surface area contributed by atoms with Gasteiger partial charge in [0, 0.05) is 38.3 Å². The number of ether oxygens (including phenoxy) is 1. The summed E-state index contributed by atoms with van der Waals surface area (Å²) in [5.74, 6) is 0.706. The molecule has 3 aromatic heterocycles. The number of methoxy groups -OCH3 is 1. The van der Waals surface area contributed by atoms with Gasteiger partial charge in [-0.2, -0.15) is 5.10 Å². The molecule has 0 fully saturated rings. The van der Waals surface area contributed by atoms with Crippen LogP contribution in [-0.2, 0) is 16.1 Å². The standard InChI is InChI=1S/C18H23N5O2/c1-13-11-14(2)20-17-16(13)18(22-8-4-5-9-22)21-23(17)12-15(24)19-7-6-10-25-3/h4-5,8-9,11H,6-7,10,12H2,1-3H3,(H,19,24). The molecule has 0 aromatic carbocycles. The predicted octanol–water partition coefficient (Wildman–Crippen LogP) is 1.99. The van der Waals surface area contributed by atoms with E-state index in [1.54, 1.807) is 11.8 Å². The molecule has 3 aromatic rings. The monoisotopic (exact) mass is 341 g/mol. The van der Waals surface area contributed by atoms with E-state index >= 15 is 0 Å². The molecule has 0 spiro atoms. The van der Waals surface area contributed by atoms with Crippen molar-refractivity contribution < 1.29 is 9.53 Å². The second-order valence-corrected chi connectivity index (χ2v) is 6.05. The zero-order valence-corrected chi connectivity index (χ0v) is 14.8. The molecule has 7 heteroatoms. The minimum atomic E-state index is -0.0829. The molecule has 0 radical (unpaired) electrons. The molecule has 0 aliphatic heterocycles. The third kappa shape index (κ3) is 3.71. The lowest BCUT2D eigenvalue weighted by Gasteiger charge is -2.06. The maximum atomic E-state index is 12.2. The van der Waals surface area contributed by atoms with Crippen LogP contribution in [0, 0.1) is 13.8 Å². The molecule has 1 N–H and O–H groups in total. The first-order valence-corrected chi connectivity index (χ1v) is 8.34. The van der Waals surface area contributed by atoms with E-state index in [1.807, 2.05) is 49.0 Å². The summed E-state index contributed by atoms with van der Waals surface area (Å²) in [5, 5.41) is 8.51. The molecule has 132 valence electrons. The number of nitrogens with zero attached hydrogens (tertiary/aromatic N) is 4. The van der Waals surface area contributed by atoms with E-state index in [-0.39, 0.29) is 12.5 Å². The number of nitrogens with one attached hydrogen (secondary N) is 1. The van der Waals surface area contributed by atoms with E-state index in [0.717, 1.165) is 34.5 Å². The summed E-state index contributed by atoms with van der Waals surface area (Å²) in [6, 6.07) is 5.93. The minimum Gasteiger partial charge on any atom is -0.385 e. The summed E-state index contributed by atoms with van der Waals surface area (Å²) in [6.07, 6.45) is 4.67. The lowest BCUT2D eigenvalue weighted by molar-refractivity contribution is -0.121. The first kappa shape index (κ1) is 17.2. The number of fused-ring (bicyclic) bond motifs is 1. The van der Waals surface area contributed by atoms with E-state index in [1.165, 1.54) is 0 Å². The van der Waals surface area contributed by atoms with Crippen LogP contribution in [0.15, 0.2) is 30.6 Å². The molecular weight excluding hydrogens is 318 g/mol. The van der Waals surface area contributed by atoms with Crippen LogP contribution >= 0.6 is 0 Å². The fourth-order valence-corrected chi connectivity index (χ4v) is 2.89. The quantitative estimate of drug-likeness (QED) is 0.667. The second-order valence-electron chi connectivity index (χ2n) is 6.05. The van der Waals surface area contributed by atoms with Crippen molar-refractivity contribution in [3.8, 4) is 5.82 Å². The number of rotatable bonds is 7. The van der Waals surface area contributed by atoms with E-state index in [9.17, 15) is 4.79 Å². The molecule has 0 unspecified atom stereocenters. The third-order valence-corrected chi connectivity index (χ3v) is 4.00. The number of aromatic nitrogens is 4. The van der Waals surface area contributed by atoms with Crippen molar-refractivity contribution in [2.24, 2.45) is 0 Å². The second kappa shape index (κ2) is 7.48. The number of carbonyl (C=O) groups is 1. The van der Waals surface area contributed by atoms with Gasteiger partial charge in [-0.05, 0) is 44.0 Å². The van der Waals surface area contributed by atoms with Crippen molar-refractivity contribution in [3.05, 3.63) is 41.9 Å². The molecule has 0 aliphatic carbocycles. The average molecular weight is 341 g/mol. The fraction of sp³-hybridized carbons (Fsp3) is 0.389. The van der Waals surface area contributed by atoms with Crippen LogP contribution in [0.3, 0.4) is 0 Å². The Hall–Kier alpha value is -2.67. The number of aryl methyl sites for hydroxylation is 2. The fourth-order valence-electron chi connectivity index (χ4n) is 2.89. The van der Waals surface area contributed by atoms with Crippen LogP contribution in [0.25, 0.3) is 16.9 Å². The van der Waals surface area contributed by atoms with Gasteiger partial charge in [0.15, 0.2) is 11.5 Å². The summed E-state index contributed by atoms with van der Waals surface area (Å²) >= 11 is 0. The van der Waals surface area contributed by atoms with Crippen molar-refractivity contribution in [3.63, 3.8) is 0 Å². The SMILES string of the molecule is COCCCNC(=O)Cn1nc(-n2cccc2)c2c(C)cc(C)nc21. The number of carbonyl (C=O) groups excluding carboxylic acids is 1. The minimum absolute atomic E-state index is 0.0829. The van der Waals surface area contributed by atoms with E-state index in [2.05, 4.69) is 15.4 Å². The van der Waals surface area contributed by atoms with Crippen molar-refractivity contribution in [2.45, 2.75) is 26.8 Å². The summed E-state index contributed by atoms with van der Waals surface area (Å²) in [7, 11) is 1.65. The number of amides is 1. The van der Waals surface area contributed by atoms with Gasteiger partial charge < -0.3 is 14.6 Å². The Bertz CT molecular complexity index is 867. The van der Waals surface area contributed by atoms with Crippen LogP contribution in [-0.4, -0.2) is 45.5 Å². The van der Waals surface area contributed by atoms with Gasteiger partial charge in [0.05, 0.1) is 5.39 Å². The van der Waals surface area contributed by atoms with Gasteiger partial charge in [0.2, 0.25) is 5.91 Å². The van der Waals surface area contributed by atoms with Crippen molar-refractivity contribution >= 4 is 16.9 Å². The predicted molar refractivity (Wildman–Crippen MR) is 95.8 cm³/mol. The molecule has 1 amide bonds. The molecule has 25 heavy (non-hydrogen) atoms. The number of hydrogen-bond acceptors (Lipinski definition) is 4. The maximum absolute atomic E-state index is 12.2. The molecule has 7 nitrogen and oxygen atoms in total. The molecule has 3 rings (SSSR count). The molecule has 0 saturated carbocycles. The smallest absolute Gasteiger partial charge is 0.241 e. The van der Waals surface area contributed by atoms with Crippen LogP contribution in [0.5, 0.6) is 0 Å². The Kier molecular flexibility index (Phi) is 5.14. The maximum Gasteiger partial charge on any atom is 0.241 e. The molecule has 0 bridgehead atoms. The van der Waals surface area contributed by atoms with Crippen molar-refractivity contribution in [1.82, 2.24) is 24.6 Å². The van der Waals surface area contributed by atoms with E-state index in [0.29, 0.717) is 13.2 Å². The summed E-state index contributed by atoms with van der Waals surface area (Å²) < 4.78 is 8.61. The highest BCUT2D eigenvalue weighted by atomic mass is 16.5. The Morgan fingerprint density at radius 3 is 2.76 bits per heavy atom. The van der Waals surface area contributed by atoms with E-state index < -0.39 is 0 Å². The van der Waals surface area contributed by atoms with Gasteiger partial charge in [-0.25, -0.2) is 9.67 Å². The van der Waals surface area contributed by atoms with Gasteiger partial charge >= 0.3 is 0 Å². The van der Waals surface area contributed by atoms with Crippen LogP contribution in [0.2, 0.25) is 0 Å². The van der Waals surface area contributed by atoms with Crippen molar-refractivity contribution in [2.75, 3.05) is 20.3 Å². The molecule has 0 atom stereocenters. The largest absolute Gasteiger partial charge is 0.385 e. The topological polar surface area (TPSA) is 74.0 Å². The lowest BCUT2D eigenvalue weighted by atomic mass is 10.2. The normalized spacial score (nSPS) is 11.2. The Labute approximate surface area is 146 Å². The van der Waals surface area contributed by atoms with Gasteiger partial charge in [-0.3, -0.25) is 4.79 Å². The van der Waals surface area contributed by atoms with Gasteiger partial charge in [0.25, 0.3) is 0 Å².